The number of halogens is 8. The summed E-state index contributed by atoms with van der Waals surface area (Å²) in [6.07, 6.45) is -24.6. The molecule has 128 valence electrons. The third kappa shape index (κ3) is 7.48. The van der Waals surface area contributed by atoms with Crippen LogP contribution in [0.25, 0.3) is 0 Å². The van der Waals surface area contributed by atoms with Crippen molar-refractivity contribution in [2.45, 2.75) is 43.2 Å². The van der Waals surface area contributed by atoms with Gasteiger partial charge in [0.05, 0.1) is 15.9 Å². The Balaban J connectivity index is 0. The van der Waals surface area contributed by atoms with Crippen molar-refractivity contribution < 1.29 is 67.0 Å². The molecule has 0 fully saturated rings. The van der Waals surface area contributed by atoms with E-state index in [0.29, 0.717) is 0 Å². The Kier molecular flexibility index (Phi) is 10.9. The molecule has 22 heavy (non-hydrogen) atoms. The Morgan fingerprint density at radius 3 is 1.36 bits per heavy atom. The van der Waals surface area contributed by atoms with Gasteiger partial charge < -0.3 is 4.55 Å². The van der Waals surface area contributed by atoms with Crippen LogP contribution in [0.15, 0.2) is 0 Å². The van der Waals surface area contributed by atoms with E-state index in [2.05, 4.69) is 0 Å². The van der Waals surface area contributed by atoms with Gasteiger partial charge >= 0.3 is 18.9 Å². The summed E-state index contributed by atoms with van der Waals surface area (Å²) in [4.78, 5) is 0. The molecule has 0 aliphatic rings. The molecule has 0 saturated carbocycles. The second kappa shape index (κ2) is 9.95. The second-order valence-corrected chi connectivity index (χ2v) is 5.58. The third-order valence-electron chi connectivity index (χ3n) is 2.42. The summed E-state index contributed by atoms with van der Waals surface area (Å²) in [7, 11) is -5.31. The maximum atomic E-state index is 13.1. The number of hydrogen-bond donors (Lipinski definition) is 0. The van der Waals surface area contributed by atoms with Crippen molar-refractivity contribution >= 4 is 10.1 Å². The largest absolute Gasteiger partial charge is 1.00 e. The summed E-state index contributed by atoms with van der Waals surface area (Å²) in [5, 5.41) is 0. The van der Waals surface area contributed by atoms with Crippen LogP contribution in [0.3, 0.4) is 0 Å². The van der Waals surface area contributed by atoms with Crippen LogP contribution in [0.5, 0.6) is 0 Å². The van der Waals surface area contributed by atoms with Gasteiger partial charge in [-0.2, -0.15) is 0 Å². The predicted octanol–water partition coefficient (Wildman–Crippen LogP) is -1.13. The van der Waals surface area contributed by atoms with E-state index in [9.17, 15) is 48.1 Å². The zero-order valence-electron chi connectivity index (χ0n) is 11.1. The molecule has 0 bridgehead atoms. The van der Waals surface area contributed by atoms with E-state index < -0.39 is 65.7 Å². The fourth-order valence-corrected chi connectivity index (χ4v) is 1.87. The topological polar surface area (TPSA) is 57.2 Å². The summed E-state index contributed by atoms with van der Waals surface area (Å²) >= 11 is 0. The molecular formula is C9H11F8LiO3S. The fourth-order valence-electron chi connectivity index (χ4n) is 1.30. The second-order valence-electron chi connectivity index (χ2n) is 4.13. The van der Waals surface area contributed by atoms with Gasteiger partial charge in [-0.1, -0.05) is 0 Å². The van der Waals surface area contributed by atoms with Crippen LogP contribution in [0.1, 0.15) is 0 Å². The number of hydrogen-bond acceptors (Lipinski definition) is 3. The molecule has 0 aliphatic heterocycles. The minimum absolute atomic E-state index is 0. The summed E-state index contributed by atoms with van der Waals surface area (Å²) in [6, 6.07) is 0. The van der Waals surface area contributed by atoms with Crippen LogP contribution < -0.4 is 18.9 Å². The van der Waals surface area contributed by atoms with Gasteiger partial charge in [-0.3, -0.25) is 0 Å². The zero-order valence-corrected chi connectivity index (χ0v) is 11.9. The fraction of sp³-hybridized carbons (Fsp3) is 1.00. The average molecular weight is 358 g/mol. The Morgan fingerprint density at radius 1 is 0.727 bits per heavy atom. The molecule has 0 heterocycles. The minimum Gasteiger partial charge on any atom is -0.748 e. The summed E-state index contributed by atoms with van der Waals surface area (Å²) in [6.45, 7) is -2.05. The smallest absolute Gasteiger partial charge is 0.748 e. The van der Waals surface area contributed by atoms with Gasteiger partial charge in [0.15, 0.2) is 37.0 Å². The van der Waals surface area contributed by atoms with Crippen molar-refractivity contribution in [2.75, 3.05) is 12.4 Å². The Morgan fingerprint density at radius 2 is 1.05 bits per heavy atom. The van der Waals surface area contributed by atoms with Crippen LogP contribution in [0.2, 0.25) is 0 Å². The van der Waals surface area contributed by atoms with E-state index in [1.807, 2.05) is 0 Å². The maximum absolute atomic E-state index is 13.1. The van der Waals surface area contributed by atoms with Crippen LogP contribution in [-0.4, -0.2) is 68.6 Å². The molecule has 3 nitrogen and oxygen atoms in total. The number of alkyl halides is 8. The van der Waals surface area contributed by atoms with E-state index >= 15 is 0 Å². The summed E-state index contributed by atoms with van der Waals surface area (Å²) in [5.41, 5.74) is 0. The van der Waals surface area contributed by atoms with Crippen LogP contribution in [0, 0.1) is 0 Å². The first kappa shape index (κ1) is 24.2. The van der Waals surface area contributed by atoms with Gasteiger partial charge in [-0.15, -0.1) is 0 Å². The van der Waals surface area contributed by atoms with E-state index in [-0.39, 0.29) is 18.9 Å². The minimum atomic E-state index is -5.31. The van der Waals surface area contributed by atoms with Gasteiger partial charge in [-0.25, -0.2) is 43.5 Å². The van der Waals surface area contributed by atoms with E-state index in [4.69, 9.17) is 0 Å². The zero-order chi connectivity index (χ0) is 17.0. The molecule has 7 atom stereocenters. The van der Waals surface area contributed by atoms with E-state index in [1.165, 1.54) is 0 Å². The molecule has 0 aromatic carbocycles. The normalized spacial score (nSPS) is 21.9. The van der Waals surface area contributed by atoms with Crippen molar-refractivity contribution in [1.29, 1.82) is 0 Å². The first-order valence-corrected chi connectivity index (χ1v) is 6.98. The summed E-state index contributed by atoms with van der Waals surface area (Å²) < 4.78 is 132. The monoisotopic (exact) mass is 358 g/mol. The molecule has 0 saturated heterocycles. The average Bonchev–Trinajstić information content (AvgIpc) is 2.40. The molecule has 0 spiro atoms. The van der Waals surface area contributed by atoms with Crippen LogP contribution in [-0.2, 0) is 10.1 Å². The Hall–Kier alpha value is -0.0526. The molecule has 0 amide bonds. The SMILES string of the molecule is O=S(=O)([O-])CC(F)C(F)C(F)C(F)C(F)C(F)C(F)CF.[Li+]. The molecule has 0 aromatic heterocycles. The van der Waals surface area contributed by atoms with Gasteiger partial charge in [0.2, 0.25) is 0 Å². The van der Waals surface area contributed by atoms with Crippen molar-refractivity contribution in [3.8, 4) is 0 Å². The van der Waals surface area contributed by atoms with Crippen LogP contribution in [0.4, 0.5) is 35.1 Å². The summed E-state index contributed by atoms with van der Waals surface area (Å²) in [5.74, 6) is -2.05. The number of rotatable bonds is 9. The Bertz CT molecular complexity index is 414. The first-order chi connectivity index (χ1) is 9.42. The molecule has 0 rings (SSSR count). The molecule has 7 unspecified atom stereocenters. The molecular weight excluding hydrogens is 347 g/mol. The third-order valence-corrected chi connectivity index (χ3v) is 3.15. The maximum Gasteiger partial charge on any atom is 1.00 e. The molecule has 0 N–H and O–H groups in total. The van der Waals surface area contributed by atoms with Gasteiger partial charge in [-0.05, 0) is 0 Å². The molecule has 13 heteroatoms. The first-order valence-electron chi connectivity index (χ1n) is 5.40. The molecule has 0 radical (unpaired) electrons. The quantitative estimate of drug-likeness (QED) is 0.298. The van der Waals surface area contributed by atoms with Gasteiger partial charge in [0.1, 0.15) is 12.8 Å². The van der Waals surface area contributed by atoms with Gasteiger partial charge in [0.25, 0.3) is 0 Å². The van der Waals surface area contributed by atoms with Crippen LogP contribution >= 0.6 is 0 Å². The van der Waals surface area contributed by atoms with Gasteiger partial charge in [0, 0.05) is 0 Å². The Labute approximate surface area is 133 Å². The molecule has 0 aliphatic carbocycles. The standard InChI is InChI=1S/C9H12F8O3S.Li/c10-1-3(11)5(13)7(15)9(17)8(16)6(14)4(12)2-21(18,19)20;/h3-9H,1-2H2,(H,18,19,20);/q;+1/p-1. The molecule has 0 aromatic rings. The van der Waals surface area contributed by atoms with E-state index in [1.54, 1.807) is 0 Å². The van der Waals surface area contributed by atoms with E-state index in [0.717, 1.165) is 0 Å². The van der Waals surface area contributed by atoms with Crippen molar-refractivity contribution in [3.05, 3.63) is 0 Å². The van der Waals surface area contributed by atoms with Crippen molar-refractivity contribution in [2.24, 2.45) is 0 Å². The predicted molar refractivity (Wildman–Crippen MR) is 54.8 cm³/mol. The van der Waals surface area contributed by atoms with Crippen molar-refractivity contribution in [1.82, 2.24) is 0 Å². The van der Waals surface area contributed by atoms with Crippen molar-refractivity contribution in [3.63, 3.8) is 0 Å².